The van der Waals surface area contributed by atoms with Gasteiger partial charge in [0.1, 0.15) is 0 Å². The van der Waals surface area contributed by atoms with Crippen molar-refractivity contribution in [2.45, 2.75) is 152 Å². The first-order chi connectivity index (χ1) is 16.5. The van der Waals surface area contributed by atoms with Crippen LogP contribution in [0, 0.1) is 0 Å². The van der Waals surface area contributed by atoms with Crippen molar-refractivity contribution in [2.24, 2.45) is 0 Å². The fraction of sp³-hybridized carbons (Fsp3) is 0.923. The van der Waals surface area contributed by atoms with Crippen molar-refractivity contribution in [1.82, 2.24) is 10.0 Å². The minimum atomic E-state index is -0.307. The zero-order valence-electron chi connectivity index (χ0n) is 22.6. The predicted molar refractivity (Wildman–Crippen MR) is 152 cm³/mol. The van der Waals surface area contributed by atoms with Gasteiger partial charge in [-0.25, -0.2) is 0 Å². The van der Waals surface area contributed by atoms with Gasteiger partial charge < -0.3 is 58.8 Å². The molecule has 0 aromatic rings. The summed E-state index contributed by atoms with van der Waals surface area (Å²) in [5, 5.41) is 5.55. The summed E-state index contributed by atoms with van der Waals surface area (Å²) in [6.07, 6.45) is 16.9. The third-order valence-electron chi connectivity index (χ3n) is 6.86. The van der Waals surface area contributed by atoms with Gasteiger partial charge in [-0.1, -0.05) is 111 Å². The van der Waals surface area contributed by atoms with Crippen molar-refractivity contribution >= 4 is 37.9 Å². The zero-order valence-corrected chi connectivity index (χ0v) is 27.1. The molecule has 0 N–H and O–H groups in total. The van der Waals surface area contributed by atoms with Gasteiger partial charge in [0, 0.05) is 12.2 Å². The van der Waals surface area contributed by atoms with Crippen LogP contribution in [0.25, 0.3) is 10.9 Å². The first kappa shape index (κ1) is 34.0. The van der Waals surface area contributed by atoms with Crippen LogP contribution in [0.2, 0.25) is 0 Å². The maximum Gasteiger partial charge on any atom is -0.0534 e. The summed E-state index contributed by atoms with van der Waals surface area (Å²) in [7, 11) is 0. The molecule has 0 aromatic heterocycles. The van der Waals surface area contributed by atoms with Crippen LogP contribution >= 0.6 is 0 Å². The molecule has 0 amide bonds. The van der Waals surface area contributed by atoms with Crippen LogP contribution in [-0.2, 0) is 61.1 Å². The van der Waals surface area contributed by atoms with Crippen LogP contribution < -0.4 is 0 Å². The van der Waals surface area contributed by atoms with Gasteiger partial charge in [0.05, 0.1) is 0 Å². The number of allylic oxidation sites excluding steroid dienone is 1. The van der Waals surface area contributed by atoms with Gasteiger partial charge in [-0.05, 0) is 13.0 Å². The van der Waals surface area contributed by atoms with Gasteiger partial charge in [-0.3, -0.25) is 0 Å². The van der Waals surface area contributed by atoms with E-state index in [0.29, 0.717) is 42.4 Å². The average Bonchev–Trinajstić information content (AvgIpc) is 3.30. The molecule has 2 aliphatic carbocycles. The fourth-order valence-electron chi connectivity index (χ4n) is 5.19. The van der Waals surface area contributed by atoms with Crippen molar-refractivity contribution in [3.63, 3.8) is 0 Å². The van der Waals surface area contributed by atoms with Crippen molar-refractivity contribution in [2.75, 3.05) is 0 Å². The van der Waals surface area contributed by atoms with E-state index in [1.165, 1.54) is 64.2 Å². The number of nitrogens with zero attached hydrogens (tertiary/aromatic N) is 4. The SMILES string of the molecule is CC1=CC(C)N(C(N2[N-]C(C)CC2C)C(C)(C)[S-])[N-]1.[O]=[Mo].[S-]C1CCCCC1.[S-]C1CCCCC1. The molecule has 0 radical (unpaired) electrons. The summed E-state index contributed by atoms with van der Waals surface area (Å²) in [4.78, 5) is 0. The molecule has 5 nitrogen and oxygen atoms in total. The fourth-order valence-corrected chi connectivity index (χ4v) is 6.08. The molecular weight excluding hydrogens is 576 g/mol. The second kappa shape index (κ2) is 17.5. The monoisotopic (exact) mass is 625 g/mol. The van der Waals surface area contributed by atoms with Gasteiger partial charge >= 0.3 is 23.2 Å². The Morgan fingerprint density at radius 2 is 1.37 bits per heavy atom. The third-order valence-corrected chi connectivity index (χ3v) is 8.02. The van der Waals surface area contributed by atoms with E-state index in [0.717, 1.165) is 12.1 Å². The molecule has 0 spiro atoms. The molecule has 9 heteroatoms. The molecule has 206 valence electrons. The first-order valence-corrected chi connectivity index (χ1v) is 15.5. The summed E-state index contributed by atoms with van der Waals surface area (Å²) < 4.78 is 7.95. The van der Waals surface area contributed by atoms with Crippen LogP contribution in [-0.4, -0.2) is 49.6 Å². The smallest absolute Gasteiger partial charge is 0.0534 e. The Kier molecular flexibility index (Phi) is 17.0. The molecule has 1 saturated heterocycles. The van der Waals surface area contributed by atoms with Gasteiger partial charge in [0.15, 0.2) is 0 Å². The third kappa shape index (κ3) is 12.6. The Labute approximate surface area is 244 Å². The normalized spacial score (nSPS) is 29.4. The molecule has 4 rings (SSSR count). The molecule has 2 heterocycles. The molecule has 2 aliphatic heterocycles. The van der Waals surface area contributed by atoms with Crippen LogP contribution in [0.3, 0.4) is 0 Å². The van der Waals surface area contributed by atoms with E-state index in [9.17, 15) is 0 Å². The van der Waals surface area contributed by atoms with Crippen molar-refractivity contribution in [3.8, 4) is 0 Å². The zero-order chi connectivity index (χ0) is 26.6. The van der Waals surface area contributed by atoms with Gasteiger partial charge in [-0.15, -0.1) is 10.8 Å². The van der Waals surface area contributed by atoms with Crippen LogP contribution in [0.4, 0.5) is 0 Å². The van der Waals surface area contributed by atoms with Crippen molar-refractivity contribution < 1.29 is 23.2 Å². The Morgan fingerprint density at radius 3 is 1.63 bits per heavy atom. The molecule has 0 aromatic carbocycles. The standard InChI is InChI=1S/C14H26N4S.2C6H12S.Mo.O/c1-9-7-11(3)17(15-9)13(14(5,6)19)18-12(4)8-10(2)16-18;2*7-6-4-2-1-3-5-6;;/h7,10-13,19H,8H2,1-6H3;2*6-7H,1-5H2;;/q-2;;;;/p-3. The average molecular weight is 624 g/mol. The van der Waals surface area contributed by atoms with E-state index < -0.39 is 0 Å². The largest absolute Gasteiger partial charge is 0.789 e. The van der Waals surface area contributed by atoms with Crippen LogP contribution in [0.1, 0.15) is 112 Å². The quantitative estimate of drug-likeness (QED) is 0.252. The van der Waals surface area contributed by atoms with Gasteiger partial charge in [0.2, 0.25) is 0 Å². The number of hydrogen-bond acceptors (Lipinski definition) is 6. The van der Waals surface area contributed by atoms with Gasteiger partial charge in [-0.2, -0.15) is 16.2 Å². The van der Waals surface area contributed by atoms with E-state index in [4.69, 9.17) is 46.7 Å². The molecule has 4 atom stereocenters. The summed E-state index contributed by atoms with van der Waals surface area (Å²) in [5.41, 5.74) is 10.5. The Morgan fingerprint density at radius 1 is 0.914 bits per heavy atom. The maximum atomic E-state index is 8.26. The predicted octanol–water partition coefficient (Wildman–Crippen LogP) is 6.92. The first-order valence-electron chi connectivity index (χ1n) is 13.3. The van der Waals surface area contributed by atoms with E-state index in [-0.39, 0.29) is 17.0 Å². The number of rotatable bonds is 3. The Bertz CT molecular complexity index is 592. The minimum Gasteiger partial charge on any atom is -0.789 e. The summed E-state index contributed by atoms with van der Waals surface area (Å²) in [6.45, 7) is 12.8. The van der Waals surface area contributed by atoms with E-state index in [1.54, 1.807) is 0 Å². The minimum absolute atomic E-state index is 0.0335. The second-order valence-corrected chi connectivity index (χ2v) is 13.3. The second-order valence-electron chi connectivity index (χ2n) is 11.0. The van der Waals surface area contributed by atoms with Crippen molar-refractivity contribution in [3.05, 3.63) is 22.6 Å². The molecular formula is C26H47MoN4OS3-5. The molecule has 0 bridgehead atoms. The van der Waals surface area contributed by atoms with Crippen LogP contribution in [0.15, 0.2) is 11.8 Å². The topological polar surface area (TPSA) is 51.8 Å². The Hall–Kier alpha value is 0.958. The van der Waals surface area contributed by atoms with E-state index in [1.807, 2.05) is 6.92 Å². The van der Waals surface area contributed by atoms with Crippen LogP contribution in [0.5, 0.6) is 0 Å². The van der Waals surface area contributed by atoms with Crippen molar-refractivity contribution in [1.29, 1.82) is 0 Å². The van der Waals surface area contributed by atoms with E-state index >= 15 is 0 Å². The Balaban J connectivity index is 0.000000312. The summed E-state index contributed by atoms with van der Waals surface area (Å²) in [5.74, 6) is 0. The van der Waals surface area contributed by atoms with E-state index in [2.05, 4.69) is 56.1 Å². The van der Waals surface area contributed by atoms with Gasteiger partial charge in [0.25, 0.3) is 0 Å². The molecule has 4 aliphatic rings. The molecule has 4 unspecified atom stereocenters. The summed E-state index contributed by atoms with van der Waals surface area (Å²) in [6, 6.07) is 1.08. The molecule has 35 heavy (non-hydrogen) atoms. The number of hydrogen-bond donors (Lipinski definition) is 0. The maximum absolute atomic E-state index is 8.26. The molecule has 2 saturated carbocycles. The molecule has 3 fully saturated rings. The summed E-state index contributed by atoms with van der Waals surface area (Å²) >= 11 is 16.6.